The first-order chi connectivity index (χ1) is 14.7. The number of nitrogens with one attached hydrogen (secondary N) is 1. The summed E-state index contributed by atoms with van der Waals surface area (Å²) in [5, 5.41) is 3.71. The molecule has 0 aliphatic carbocycles. The van der Waals surface area contributed by atoms with Crippen molar-refractivity contribution in [1.82, 2.24) is 15.3 Å². The lowest BCUT2D eigenvalue weighted by Gasteiger charge is -2.36. The van der Waals surface area contributed by atoms with Gasteiger partial charge < -0.3 is 19.9 Å². The van der Waals surface area contributed by atoms with Gasteiger partial charge in [-0.2, -0.15) is 0 Å². The quantitative estimate of drug-likeness (QED) is 0.533. The van der Waals surface area contributed by atoms with Gasteiger partial charge in [0, 0.05) is 51.1 Å². The number of amides is 1. The molecule has 1 unspecified atom stereocenters. The molecule has 1 amide bonds. The largest absolute Gasteiger partial charge is 0.376 e. The molecular formula is C21H26FN5O2S. The SMILES string of the molecule is O=C(CSc1cc(N2CCN(c3ccc(F)cc3)CC2)ncn1)NCC1CCCO1. The minimum atomic E-state index is -0.219. The zero-order chi connectivity index (χ0) is 20.8. The average molecular weight is 432 g/mol. The molecule has 0 spiro atoms. The first-order valence-electron chi connectivity index (χ1n) is 10.3. The summed E-state index contributed by atoms with van der Waals surface area (Å²) in [4.78, 5) is 25.2. The number of carbonyl (C=O) groups is 1. The van der Waals surface area contributed by atoms with Gasteiger partial charge in [0.1, 0.15) is 23.0 Å². The molecule has 7 nitrogen and oxygen atoms in total. The maximum atomic E-state index is 13.1. The third kappa shape index (κ3) is 5.60. The fourth-order valence-electron chi connectivity index (χ4n) is 3.65. The standard InChI is InChI=1S/C21H26FN5O2S/c22-16-3-5-17(6-4-16)26-7-9-27(10-8-26)19-12-21(25-15-24-19)30-14-20(28)23-13-18-2-1-11-29-18/h3-6,12,15,18H,1-2,7-11,13-14H2,(H,23,28). The van der Waals surface area contributed by atoms with Crippen LogP contribution in [0.5, 0.6) is 0 Å². The molecule has 0 bridgehead atoms. The predicted molar refractivity (Wildman–Crippen MR) is 116 cm³/mol. The van der Waals surface area contributed by atoms with Crippen molar-refractivity contribution in [2.45, 2.75) is 24.0 Å². The lowest BCUT2D eigenvalue weighted by Crippen LogP contribution is -2.46. The monoisotopic (exact) mass is 431 g/mol. The number of anilines is 2. The Hall–Kier alpha value is -2.39. The van der Waals surface area contributed by atoms with Gasteiger partial charge in [0.25, 0.3) is 0 Å². The van der Waals surface area contributed by atoms with Crippen LogP contribution in [-0.4, -0.2) is 67.1 Å². The molecule has 3 heterocycles. The summed E-state index contributed by atoms with van der Waals surface area (Å²) in [6.07, 6.45) is 3.78. The number of rotatable bonds is 7. The van der Waals surface area contributed by atoms with E-state index < -0.39 is 0 Å². The van der Waals surface area contributed by atoms with E-state index in [0.29, 0.717) is 12.3 Å². The third-order valence-corrected chi connectivity index (χ3v) is 6.25. The van der Waals surface area contributed by atoms with E-state index in [-0.39, 0.29) is 17.8 Å². The van der Waals surface area contributed by atoms with Crippen LogP contribution < -0.4 is 15.1 Å². The molecule has 1 N–H and O–H groups in total. The van der Waals surface area contributed by atoms with Gasteiger partial charge >= 0.3 is 0 Å². The van der Waals surface area contributed by atoms with Crippen molar-refractivity contribution in [3.8, 4) is 0 Å². The molecule has 2 saturated heterocycles. The average Bonchev–Trinajstić information content (AvgIpc) is 3.31. The second-order valence-electron chi connectivity index (χ2n) is 7.39. The van der Waals surface area contributed by atoms with Crippen LogP contribution in [0.4, 0.5) is 15.9 Å². The third-order valence-electron chi connectivity index (χ3n) is 5.33. The van der Waals surface area contributed by atoms with E-state index in [9.17, 15) is 9.18 Å². The van der Waals surface area contributed by atoms with Crippen LogP contribution in [0.25, 0.3) is 0 Å². The van der Waals surface area contributed by atoms with Crippen LogP contribution in [-0.2, 0) is 9.53 Å². The number of piperazine rings is 1. The lowest BCUT2D eigenvalue weighted by molar-refractivity contribution is -0.119. The Morgan fingerprint density at radius 2 is 1.93 bits per heavy atom. The van der Waals surface area contributed by atoms with Crippen molar-refractivity contribution in [3.63, 3.8) is 0 Å². The Labute approximate surface area is 180 Å². The minimum Gasteiger partial charge on any atom is -0.376 e. The van der Waals surface area contributed by atoms with Crippen LogP contribution in [0.3, 0.4) is 0 Å². The lowest BCUT2D eigenvalue weighted by atomic mass is 10.2. The normalized spacial score (nSPS) is 19.2. The number of carbonyl (C=O) groups excluding carboxylic acids is 1. The summed E-state index contributed by atoms with van der Waals surface area (Å²) in [6, 6.07) is 8.55. The van der Waals surface area contributed by atoms with Gasteiger partial charge in [0.05, 0.1) is 11.9 Å². The first kappa shape index (κ1) is 20.9. The van der Waals surface area contributed by atoms with Crippen molar-refractivity contribution in [2.75, 3.05) is 54.9 Å². The number of hydrogen-bond donors (Lipinski definition) is 1. The molecule has 2 aliphatic heterocycles. The van der Waals surface area contributed by atoms with Crippen molar-refractivity contribution in [2.24, 2.45) is 0 Å². The summed E-state index contributed by atoms with van der Waals surface area (Å²) in [5.74, 6) is 0.958. The maximum absolute atomic E-state index is 13.1. The number of thioether (sulfide) groups is 1. The van der Waals surface area contributed by atoms with E-state index in [1.165, 1.54) is 23.9 Å². The van der Waals surface area contributed by atoms with Crippen LogP contribution >= 0.6 is 11.8 Å². The number of ether oxygens (including phenoxy) is 1. The predicted octanol–water partition coefficient (Wildman–Crippen LogP) is 2.33. The summed E-state index contributed by atoms with van der Waals surface area (Å²) in [6.45, 7) is 4.68. The summed E-state index contributed by atoms with van der Waals surface area (Å²) in [5.41, 5.74) is 1.03. The maximum Gasteiger partial charge on any atom is 0.230 e. The second-order valence-corrected chi connectivity index (χ2v) is 8.39. The molecule has 2 fully saturated rings. The number of benzene rings is 1. The number of nitrogens with zero attached hydrogens (tertiary/aromatic N) is 4. The van der Waals surface area contributed by atoms with Gasteiger partial charge in [0.15, 0.2) is 0 Å². The molecule has 4 rings (SSSR count). The Morgan fingerprint density at radius 3 is 2.67 bits per heavy atom. The molecule has 1 aromatic heterocycles. The van der Waals surface area contributed by atoms with Crippen LogP contribution in [0.1, 0.15) is 12.8 Å². The molecule has 0 radical (unpaired) electrons. The van der Waals surface area contributed by atoms with E-state index >= 15 is 0 Å². The number of halogens is 1. The smallest absolute Gasteiger partial charge is 0.230 e. The highest BCUT2D eigenvalue weighted by atomic mass is 32.2. The van der Waals surface area contributed by atoms with Gasteiger partial charge in [-0.3, -0.25) is 4.79 Å². The molecule has 9 heteroatoms. The fraction of sp³-hybridized carbons (Fsp3) is 0.476. The van der Waals surface area contributed by atoms with E-state index in [4.69, 9.17) is 4.74 Å². The van der Waals surface area contributed by atoms with Crippen molar-refractivity contribution in [3.05, 3.63) is 42.5 Å². The van der Waals surface area contributed by atoms with Crippen molar-refractivity contribution >= 4 is 29.2 Å². The van der Waals surface area contributed by atoms with Crippen LogP contribution in [0, 0.1) is 5.82 Å². The number of aromatic nitrogens is 2. The molecule has 160 valence electrons. The van der Waals surface area contributed by atoms with Gasteiger partial charge in [-0.05, 0) is 37.1 Å². The van der Waals surface area contributed by atoms with E-state index in [2.05, 4.69) is 25.1 Å². The molecule has 2 aliphatic rings. The van der Waals surface area contributed by atoms with Gasteiger partial charge in [-0.15, -0.1) is 0 Å². The fourth-order valence-corrected chi connectivity index (χ4v) is 4.34. The molecule has 2 aromatic rings. The molecule has 30 heavy (non-hydrogen) atoms. The highest BCUT2D eigenvalue weighted by molar-refractivity contribution is 7.99. The minimum absolute atomic E-state index is 0.0106. The van der Waals surface area contributed by atoms with Crippen LogP contribution in [0.15, 0.2) is 41.7 Å². The first-order valence-corrected chi connectivity index (χ1v) is 11.2. The van der Waals surface area contributed by atoms with Crippen molar-refractivity contribution in [1.29, 1.82) is 0 Å². The zero-order valence-corrected chi connectivity index (χ0v) is 17.6. The number of hydrogen-bond acceptors (Lipinski definition) is 7. The van der Waals surface area contributed by atoms with Crippen LogP contribution in [0.2, 0.25) is 0 Å². The van der Waals surface area contributed by atoms with Crippen molar-refractivity contribution < 1.29 is 13.9 Å². The Bertz CT molecular complexity index is 840. The Kier molecular flexibility index (Phi) is 7.01. The van der Waals surface area contributed by atoms with E-state index in [1.807, 2.05) is 18.2 Å². The summed E-state index contributed by atoms with van der Waals surface area (Å²) < 4.78 is 18.7. The summed E-state index contributed by atoms with van der Waals surface area (Å²) in [7, 11) is 0. The molecule has 1 aromatic carbocycles. The van der Waals surface area contributed by atoms with Gasteiger partial charge in [-0.1, -0.05) is 11.8 Å². The topological polar surface area (TPSA) is 70.6 Å². The molecule has 0 saturated carbocycles. The zero-order valence-electron chi connectivity index (χ0n) is 16.8. The van der Waals surface area contributed by atoms with E-state index in [1.54, 1.807) is 6.33 Å². The highest BCUT2D eigenvalue weighted by Crippen LogP contribution is 2.23. The highest BCUT2D eigenvalue weighted by Gasteiger charge is 2.19. The molecule has 1 atom stereocenters. The second kappa shape index (κ2) is 10.1. The Balaban J connectivity index is 1.25. The van der Waals surface area contributed by atoms with Gasteiger partial charge in [-0.25, -0.2) is 14.4 Å². The van der Waals surface area contributed by atoms with E-state index in [0.717, 1.165) is 62.2 Å². The van der Waals surface area contributed by atoms with Gasteiger partial charge in [0.2, 0.25) is 5.91 Å². The Morgan fingerprint density at radius 1 is 1.17 bits per heavy atom. The summed E-state index contributed by atoms with van der Waals surface area (Å²) >= 11 is 1.41. The molecular weight excluding hydrogens is 405 g/mol.